The van der Waals surface area contributed by atoms with Crippen molar-refractivity contribution in [2.45, 2.75) is 69.6 Å². The fraction of sp³-hybridized carbons (Fsp3) is 0.731. The summed E-state index contributed by atoms with van der Waals surface area (Å²) >= 11 is 0. The van der Waals surface area contributed by atoms with Crippen LogP contribution >= 0.6 is 0 Å². The molecule has 8 heteroatoms. The van der Waals surface area contributed by atoms with E-state index in [0.717, 1.165) is 38.5 Å². The molecule has 1 unspecified atom stereocenters. The molecule has 4 aliphatic heterocycles. The third kappa shape index (κ3) is 3.98. The lowest BCUT2D eigenvalue weighted by atomic mass is 9.74. The zero-order valence-corrected chi connectivity index (χ0v) is 20.7. The van der Waals surface area contributed by atoms with E-state index >= 15 is 0 Å². The number of ether oxygens (including phenoxy) is 1. The number of unbranched alkanes of at least 4 members (excludes halogenated alkanes) is 4. The molecule has 0 aromatic carbocycles. The Morgan fingerprint density at radius 1 is 0.941 bits per heavy atom. The van der Waals surface area contributed by atoms with Gasteiger partial charge in [-0.25, -0.2) is 0 Å². The standard InChI is InChI=1S/C26H39N3O5/c1-4-5-15-28-16-11-13-26-20(19-22(31)27(3)14-10-12-25(19,2)34-26)23(32)29(21(26)24(28)33)17-8-6-7-9-18-30/h10-13,19-21,30H,4-9,14-18H2,1-3H3/t19-,20+,21?,25+,26+/m1/s1. The Bertz CT molecular complexity index is 872. The molecule has 0 aromatic heterocycles. The molecule has 0 aromatic rings. The van der Waals surface area contributed by atoms with E-state index in [1.54, 1.807) is 16.8 Å². The summed E-state index contributed by atoms with van der Waals surface area (Å²) in [7, 11) is 1.75. The quantitative estimate of drug-likeness (QED) is 0.407. The minimum atomic E-state index is -1.15. The lowest BCUT2D eigenvalue weighted by molar-refractivity contribution is -0.152. The van der Waals surface area contributed by atoms with E-state index in [4.69, 9.17) is 9.84 Å². The molecule has 5 atom stereocenters. The number of likely N-dealkylation sites (N-methyl/N-ethyl adjacent to an activating group) is 1. The zero-order valence-electron chi connectivity index (χ0n) is 20.7. The average Bonchev–Trinajstić information content (AvgIpc) is 3.08. The molecular formula is C26H39N3O5. The van der Waals surface area contributed by atoms with E-state index in [1.165, 1.54) is 0 Å². The zero-order chi connectivity index (χ0) is 24.5. The average molecular weight is 474 g/mol. The van der Waals surface area contributed by atoms with Gasteiger partial charge in [0.2, 0.25) is 17.7 Å². The summed E-state index contributed by atoms with van der Waals surface area (Å²) in [6.07, 6.45) is 12.8. The fourth-order valence-corrected chi connectivity index (χ4v) is 6.23. The molecule has 1 N–H and O–H groups in total. The van der Waals surface area contributed by atoms with Crippen LogP contribution in [0.15, 0.2) is 24.3 Å². The highest BCUT2D eigenvalue weighted by atomic mass is 16.5. The Kier molecular flexibility index (Phi) is 7.20. The minimum absolute atomic E-state index is 0.0884. The predicted octanol–water partition coefficient (Wildman–Crippen LogP) is 1.74. The maximum atomic E-state index is 14.0. The van der Waals surface area contributed by atoms with Crippen LogP contribution in [-0.2, 0) is 19.1 Å². The molecule has 0 aliphatic carbocycles. The van der Waals surface area contributed by atoms with E-state index < -0.39 is 29.1 Å². The predicted molar refractivity (Wildman–Crippen MR) is 128 cm³/mol. The summed E-state index contributed by atoms with van der Waals surface area (Å²) in [5.74, 6) is -1.77. The molecule has 188 valence electrons. The molecule has 0 bridgehead atoms. The second kappa shape index (κ2) is 9.82. The number of nitrogens with zero attached hydrogens (tertiary/aromatic N) is 3. The summed E-state index contributed by atoms with van der Waals surface area (Å²) in [6.45, 7) is 6.16. The van der Waals surface area contributed by atoms with Crippen molar-refractivity contribution in [3.63, 3.8) is 0 Å². The summed E-state index contributed by atoms with van der Waals surface area (Å²) < 4.78 is 6.75. The van der Waals surface area contributed by atoms with Crippen molar-refractivity contribution in [1.29, 1.82) is 0 Å². The Morgan fingerprint density at radius 3 is 2.41 bits per heavy atom. The topological polar surface area (TPSA) is 90.4 Å². The summed E-state index contributed by atoms with van der Waals surface area (Å²) in [5, 5.41) is 9.07. The highest BCUT2D eigenvalue weighted by molar-refractivity contribution is 6.00. The van der Waals surface area contributed by atoms with E-state index in [0.29, 0.717) is 26.2 Å². The number of aliphatic hydroxyl groups excluding tert-OH is 1. The summed E-state index contributed by atoms with van der Waals surface area (Å²) in [4.78, 5) is 46.6. The molecule has 2 saturated heterocycles. The van der Waals surface area contributed by atoms with Crippen molar-refractivity contribution in [3.05, 3.63) is 24.3 Å². The van der Waals surface area contributed by atoms with Crippen molar-refractivity contribution in [2.24, 2.45) is 11.8 Å². The van der Waals surface area contributed by atoms with E-state index in [9.17, 15) is 14.4 Å². The number of rotatable bonds is 9. The van der Waals surface area contributed by atoms with Crippen LogP contribution in [0.25, 0.3) is 0 Å². The Hall–Kier alpha value is -2.19. The fourth-order valence-electron chi connectivity index (χ4n) is 6.23. The third-order valence-electron chi connectivity index (χ3n) is 7.93. The first-order valence-electron chi connectivity index (χ1n) is 12.8. The number of hydrogen-bond acceptors (Lipinski definition) is 5. The van der Waals surface area contributed by atoms with Gasteiger partial charge in [0, 0.05) is 39.8 Å². The Labute approximate surface area is 202 Å². The van der Waals surface area contributed by atoms with Crippen LogP contribution < -0.4 is 0 Å². The second-order valence-corrected chi connectivity index (χ2v) is 10.3. The highest BCUT2D eigenvalue weighted by Gasteiger charge is 2.74. The highest BCUT2D eigenvalue weighted by Crippen LogP contribution is 2.57. The molecule has 34 heavy (non-hydrogen) atoms. The smallest absolute Gasteiger partial charge is 0.249 e. The maximum Gasteiger partial charge on any atom is 0.249 e. The van der Waals surface area contributed by atoms with Gasteiger partial charge in [-0.2, -0.15) is 0 Å². The van der Waals surface area contributed by atoms with Crippen LogP contribution in [0.5, 0.6) is 0 Å². The first kappa shape index (κ1) is 24.9. The minimum Gasteiger partial charge on any atom is -0.396 e. The first-order chi connectivity index (χ1) is 16.3. The maximum absolute atomic E-state index is 14.0. The van der Waals surface area contributed by atoms with E-state index in [-0.39, 0.29) is 24.3 Å². The normalized spacial score (nSPS) is 34.9. The van der Waals surface area contributed by atoms with Gasteiger partial charge in [0.25, 0.3) is 0 Å². The van der Waals surface area contributed by atoms with Gasteiger partial charge in [0.05, 0.1) is 17.4 Å². The Balaban J connectivity index is 1.73. The molecule has 2 fully saturated rings. The molecule has 3 amide bonds. The van der Waals surface area contributed by atoms with Gasteiger partial charge in [-0.05, 0) is 26.2 Å². The summed E-state index contributed by atoms with van der Waals surface area (Å²) in [5.41, 5.74) is -2.10. The molecule has 4 rings (SSSR count). The van der Waals surface area contributed by atoms with E-state index in [2.05, 4.69) is 6.92 Å². The van der Waals surface area contributed by atoms with Crippen molar-refractivity contribution in [2.75, 3.05) is 39.8 Å². The monoisotopic (exact) mass is 473 g/mol. The van der Waals surface area contributed by atoms with Crippen molar-refractivity contribution in [1.82, 2.24) is 14.7 Å². The van der Waals surface area contributed by atoms with Crippen molar-refractivity contribution in [3.8, 4) is 0 Å². The number of likely N-dealkylation sites (tertiary alicyclic amines) is 1. The van der Waals surface area contributed by atoms with Crippen LogP contribution in [0, 0.1) is 11.8 Å². The molecule has 4 aliphatic rings. The van der Waals surface area contributed by atoms with Gasteiger partial charge in [-0.15, -0.1) is 0 Å². The largest absolute Gasteiger partial charge is 0.396 e. The van der Waals surface area contributed by atoms with Crippen LogP contribution in [0.4, 0.5) is 0 Å². The van der Waals surface area contributed by atoms with Gasteiger partial charge in [-0.1, -0.05) is 50.5 Å². The van der Waals surface area contributed by atoms with E-state index in [1.807, 2.05) is 36.1 Å². The molecule has 4 heterocycles. The number of fused-ring (bicyclic) bond motifs is 2. The molecular weight excluding hydrogens is 434 g/mol. The van der Waals surface area contributed by atoms with Gasteiger partial charge < -0.3 is 24.5 Å². The number of amides is 3. The number of carbonyl (C=O) groups excluding carboxylic acids is 3. The summed E-state index contributed by atoms with van der Waals surface area (Å²) in [6, 6.07) is -0.770. The molecule has 0 saturated carbocycles. The number of aliphatic hydroxyl groups is 1. The number of hydrogen-bond donors (Lipinski definition) is 1. The SMILES string of the molecule is CCCCN1CC=C[C@]23O[C@@]4(C)C=CCN(C)C(=O)[C@H]4[C@H]2C(=O)N(CCCCCCO)C3C1=O. The van der Waals surface area contributed by atoms with Gasteiger partial charge >= 0.3 is 0 Å². The van der Waals surface area contributed by atoms with Crippen LogP contribution in [0.3, 0.4) is 0 Å². The third-order valence-corrected chi connectivity index (χ3v) is 7.93. The van der Waals surface area contributed by atoms with Gasteiger partial charge in [0.15, 0.2) is 0 Å². The van der Waals surface area contributed by atoms with Crippen molar-refractivity contribution >= 4 is 17.7 Å². The molecule has 1 spiro atoms. The van der Waals surface area contributed by atoms with Crippen LogP contribution in [-0.4, -0.2) is 94.6 Å². The second-order valence-electron chi connectivity index (χ2n) is 10.3. The molecule has 8 nitrogen and oxygen atoms in total. The lowest BCUT2D eigenvalue weighted by Gasteiger charge is -2.37. The lowest BCUT2D eigenvalue weighted by Crippen LogP contribution is -2.56. The molecule has 0 radical (unpaired) electrons. The van der Waals surface area contributed by atoms with Crippen molar-refractivity contribution < 1.29 is 24.2 Å². The first-order valence-corrected chi connectivity index (χ1v) is 12.8. The Morgan fingerprint density at radius 2 is 1.68 bits per heavy atom. The van der Waals surface area contributed by atoms with Crippen LogP contribution in [0.1, 0.15) is 52.4 Å². The van der Waals surface area contributed by atoms with Crippen LogP contribution in [0.2, 0.25) is 0 Å². The van der Waals surface area contributed by atoms with Gasteiger partial charge in [0.1, 0.15) is 11.6 Å². The number of carbonyl (C=O) groups is 3. The van der Waals surface area contributed by atoms with Gasteiger partial charge in [-0.3, -0.25) is 14.4 Å².